The van der Waals surface area contributed by atoms with Crippen molar-refractivity contribution in [3.05, 3.63) is 52.2 Å². The standard InChI is InChI=1S/C15H17NO2S/c1-11(13-3-5-14(17)6-4-13)16(2)15(18)9-12-7-8-19-10-12/h3-8,10-11,17H,9H2,1-2H3. The fourth-order valence-electron chi connectivity index (χ4n) is 1.88. The molecule has 0 radical (unpaired) electrons. The maximum atomic E-state index is 12.2. The van der Waals surface area contributed by atoms with Crippen LogP contribution in [0.15, 0.2) is 41.1 Å². The van der Waals surface area contributed by atoms with Gasteiger partial charge in [0.15, 0.2) is 0 Å². The first-order valence-corrected chi connectivity index (χ1v) is 7.08. The number of rotatable bonds is 4. The van der Waals surface area contributed by atoms with Crippen LogP contribution in [-0.4, -0.2) is 23.0 Å². The summed E-state index contributed by atoms with van der Waals surface area (Å²) in [5, 5.41) is 13.3. The zero-order chi connectivity index (χ0) is 13.8. The van der Waals surface area contributed by atoms with Crippen LogP contribution in [0.2, 0.25) is 0 Å². The lowest BCUT2D eigenvalue weighted by Crippen LogP contribution is -2.30. The van der Waals surface area contributed by atoms with Gasteiger partial charge in [0.25, 0.3) is 0 Å². The van der Waals surface area contributed by atoms with Crippen molar-refractivity contribution in [1.82, 2.24) is 4.90 Å². The molecule has 2 rings (SSSR count). The Balaban J connectivity index is 2.04. The van der Waals surface area contributed by atoms with E-state index in [9.17, 15) is 9.90 Å². The number of thiophene rings is 1. The van der Waals surface area contributed by atoms with Crippen molar-refractivity contribution < 1.29 is 9.90 Å². The van der Waals surface area contributed by atoms with Gasteiger partial charge in [-0.3, -0.25) is 4.79 Å². The normalized spacial score (nSPS) is 12.1. The van der Waals surface area contributed by atoms with Crippen LogP contribution in [0.25, 0.3) is 0 Å². The topological polar surface area (TPSA) is 40.5 Å². The summed E-state index contributed by atoms with van der Waals surface area (Å²) in [5.74, 6) is 0.335. The molecule has 1 aromatic heterocycles. The van der Waals surface area contributed by atoms with Crippen LogP contribution < -0.4 is 0 Å². The van der Waals surface area contributed by atoms with Crippen molar-refractivity contribution in [1.29, 1.82) is 0 Å². The Morgan fingerprint density at radius 3 is 2.58 bits per heavy atom. The second-order valence-electron chi connectivity index (χ2n) is 4.58. The summed E-state index contributed by atoms with van der Waals surface area (Å²) < 4.78 is 0. The van der Waals surface area contributed by atoms with E-state index in [2.05, 4.69) is 0 Å². The van der Waals surface area contributed by atoms with Gasteiger partial charge in [-0.15, -0.1) is 0 Å². The molecular weight excluding hydrogens is 258 g/mol. The maximum absolute atomic E-state index is 12.2. The van der Waals surface area contributed by atoms with E-state index < -0.39 is 0 Å². The largest absolute Gasteiger partial charge is 0.508 e. The fraction of sp³-hybridized carbons (Fsp3) is 0.267. The van der Waals surface area contributed by atoms with E-state index in [0.717, 1.165) is 11.1 Å². The summed E-state index contributed by atoms with van der Waals surface area (Å²) in [6, 6.07) is 8.93. The van der Waals surface area contributed by atoms with Crippen LogP contribution in [0.5, 0.6) is 5.75 Å². The average Bonchev–Trinajstić information content (AvgIpc) is 2.90. The van der Waals surface area contributed by atoms with Gasteiger partial charge < -0.3 is 10.0 Å². The molecule has 4 heteroatoms. The summed E-state index contributed by atoms with van der Waals surface area (Å²) in [6.45, 7) is 1.98. The minimum atomic E-state index is -0.00765. The minimum absolute atomic E-state index is 0.00765. The quantitative estimate of drug-likeness (QED) is 0.930. The molecule has 0 bridgehead atoms. The number of nitrogens with zero attached hydrogens (tertiary/aromatic N) is 1. The number of amides is 1. The molecule has 3 nitrogen and oxygen atoms in total. The van der Waals surface area contributed by atoms with Crippen molar-refractivity contribution in [2.45, 2.75) is 19.4 Å². The highest BCUT2D eigenvalue weighted by atomic mass is 32.1. The van der Waals surface area contributed by atoms with Crippen molar-refractivity contribution in [2.75, 3.05) is 7.05 Å². The highest BCUT2D eigenvalue weighted by molar-refractivity contribution is 7.07. The second-order valence-corrected chi connectivity index (χ2v) is 5.36. The maximum Gasteiger partial charge on any atom is 0.227 e. The number of aromatic hydroxyl groups is 1. The second kappa shape index (κ2) is 5.89. The predicted octanol–water partition coefficient (Wildman–Crippen LogP) is 3.22. The highest BCUT2D eigenvalue weighted by Crippen LogP contribution is 2.22. The lowest BCUT2D eigenvalue weighted by molar-refractivity contribution is -0.131. The molecule has 19 heavy (non-hydrogen) atoms. The number of hydrogen-bond donors (Lipinski definition) is 1. The van der Waals surface area contributed by atoms with E-state index in [1.807, 2.05) is 42.9 Å². The molecule has 0 saturated heterocycles. The van der Waals surface area contributed by atoms with Gasteiger partial charge in [0.05, 0.1) is 12.5 Å². The first kappa shape index (κ1) is 13.6. The van der Waals surface area contributed by atoms with E-state index in [-0.39, 0.29) is 17.7 Å². The Morgan fingerprint density at radius 1 is 1.32 bits per heavy atom. The third-order valence-corrected chi connectivity index (χ3v) is 4.02. The minimum Gasteiger partial charge on any atom is -0.508 e. The fourth-order valence-corrected chi connectivity index (χ4v) is 2.55. The van der Waals surface area contributed by atoms with Gasteiger partial charge in [-0.1, -0.05) is 12.1 Å². The Morgan fingerprint density at radius 2 is 2.00 bits per heavy atom. The zero-order valence-corrected chi connectivity index (χ0v) is 11.9. The highest BCUT2D eigenvalue weighted by Gasteiger charge is 2.17. The molecule has 1 amide bonds. The average molecular weight is 275 g/mol. The van der Waals surface area contributed by atoms with Gasteiger partial charge in [-0.25, -0.2) is 0 Å². The lowest BCUT2D eigenvalue weighted by Gasteiger charge is -2.25. The summed E-state index contributed by atoms with van der Waals surface area (Å²) in [5.41, 5.74) is 2.07. The summed E-state index contributed by atoms with van der Waals surface area (Å²) in [4.78, 5) is 13.9. The lowest BCUT2D eigenvalue weighted by atomic mass is 10.1. The van der Waals surface area contributed by atoms with Gasteiger partial charge in [0.1, 0.15) is 5.75 Å². The molecule has 1 N–H and O–H groups in total. The first-order valence-electron chi connectivity index (χ1n) is 6.13. The molecule has 0 aliphatic heterocycles. The number of likely N-dealkylation sites (N-methyl/N-ethyl adjacent to an activating group) is 1. The first-order chi connectivity index (χ1) is 9.08. The van der Waals surface area contributed by atoms with Gasteiger partial charge in [0.2, 0.25) is 5.91 Å². The third kappa shape index (κ3) is 3.35. The molecule has 1 aromatic carbocycles. The Hall–Kier alpha value is -1.81. The summed E-state index contributed by atoms with van der Waals surface area (Å²) >= 11 is 1.60. The molecule has 0 aliphatic rings. The number of benzene rings is 1. The van der Waals surface area contributed by atoms with Crippen molar-refractivity contribution in [3.63, 3.8) is 0 Å². The van der Waals surface area contributed by atoms with Crippen molar-refractivity contribution in [2.24, 2.45) is 0 Å². The molecule has 2 aromatic rings. The van der Waals surface area contributed by atoms with Gasteiger partial charge in [-0.05, 0) is 47.0 Å². The predicted molar refractivity (Wildman–Crippen MR) is 77.3 cm³/mol. The van der Waals surface area contributed by atoms with Crippen molar-refractivity contribution in [3.8, 4) is 5.75 Å². The van der Waals surface area contributed by atoms with Crippen molar-refractivity contribution >= 4 is 17.2 Å². The van der Waals surface area contributed by atoms with Crippen LogP contribution in [-0.2, 0) is 11.2 Å². The smallest absolute Gasteiger partial charge is 0.227 e. The third-order valence-electron chi connectivity index (χ3n) is 3.29. The zero-order valence-electron chi connectivity index (χ0n) is 11.0. The van der Waals surface area contributed by atoms with Gasteiger partial charge in [-0.2, -0.15) is 11.3 Å². The Bertz CT molecular complexity index is 534. The molecule has 0 spiro atoms. The van der Waals surface area contributed by atoms with Crippen LogP contribution in [0, 0.1) is 0 Å². The van der Waals surface area contributed by atoms with Crippen LogP contribution in [0.3, 0.4) is 0 Å². The number of carbonyl (C=O) groups excluding carboxylic acids is 1. The molecule has 0 fully saturated rings. The summed E-state index contributed by atoms with van der Waals surface area (Å²) in [6.07, 6.45) is 0.433. The Labute approximate surface area is 117 Å². The van der Waals surface area contributed by atoms with Gasteiger partial charge in [0, 0.05) is 7.05 Å². The van der Waals surface area contributed by atoms with E-state index >= 15 is 0 Å². The molecule has 1 heterocycles. The van der Waals surface area contributed by atoms with Crippen LogP contribution >= 0.6 is 11.3 Å². The van der Waals surface area contributed by atoms with Crippen LogP contribution in [0.1, 0.15) is 24.1 Å². The van der Waals surface area contributed by atoms with E-state index in [1.54, 1.807) is 28.4 Å². The SMILES string of the molecule is CC(c1ccc(O)cc1)N(C)C(=O)Cc1ccsc1. The number of hydrogen-bond acceptors (Lipinski definition) is 3. The summed E-state index contributed by atoms with van der Waals surface area (Å²) in [7, 11) is 1.81. The van der Waals surface area contributed by atoms with E-state index in [1.165, 1.54) is 0 Å². The molecule has 1 atom stereocenters. The molecule has 0 aliphatic carbocycles. The molecule has 1 unspecified atom stereocenters. The van der Waals surface area contributed by atoms with E-state index in [0.29, 0.717) is 6.42 Å². The monoisotopic (exact) mass is 275 g/mol. The molecular formula is C15H17NO2S. The van der Waals surface area contributed by atoms with Crippen LogP contribution in [0.4, 0.5) is 0 Å². The molecule has 0 saturated carbocycles. The Kier molecular flexibility index (Phi) is 4.22. The van der Waals surface area contributed by atoms with E-state index in [4.69, 9.17) is 0 Å². The number of carbonyl (C=O) groups is 1. The number of phenolic OH excluding ortho intramolecular Hbond substituents is 1. The molecule has 100 valence electrons. The number of phenols is 1. The van der Waals surface area contributed by atoms with Gasteiger partial charge >= 0.3 is 0 Å².